The summed E-state index contributed by atoms with van der Waals surface area (Å²) in [4.78, 5) is 10.3. The number of rotatable bonds is 3. The van der Waals surface area contributed by atoms with Crippen LogP contribution in [0, 0.1) is 0 Å². The molecular weight excluding hydrogens is 685 g/mol. The molecule has 0 bridgehead atoms. The van der Waals surface area contributed by atoms with Crippen molar-refractivity contribution in [2.75, 3.05) is 0 Å². The fraction of sp³-hybridized carbons (Fsp3) is 0. The Labute approximate surface area is 319 Å². The average Bonchev–Trinajstić information content (AvgIpc) is 4.00. The minimum atomic E-state index is 0.900. The summed E-state index contributed by atoms with van der Waals surface area (Å²) in [6.07, 6.45) is 4.32. The topological polar surface area (TPSA) is 44.5 Å². The quantitative estimate of drug-likeness (QED) is 0.171. The van der Waals surface area contributed by atoms with Gasteiger partial charge in [0.2, 0.25) is 0 Å². The molecule has 0 aliphatic carbocycles. The Hall–Kier alpha value is -7.70. The number of benzene rings is 7. The van der Waals surface area contributed by atoms with E-state index >= 15 is 0 Å². The third-order valence-electron chi connectivity index (χ3n) is 11.8. The molecule has 0 aliphatic rings. The summed E-state index contributed by atoms with van der Waals surface area (Å²) in [6, 6.07) is 61.0. The van der Waals surface area contributed by atoms with Gasteiger partial charge in [-0.05, 0) is 98.0 Å². The van der Waals surface area contributed by atoms with Crippen LogP contribution in [0.3, 0.4) is 0 Å². The highest BCUT2D eigenvalue weighted by Crippen LogP contribution is 2.39. The predicted molar refractivity (Wildman–Crippen MR) is 231 cm³/mol. The SMILES string of the molecule is c1ccc2c(c1)c1ccccc1c1cc(-c3ccc(-n4c5ccccc5c5nc6ccc(-n7c8ccccc8c8nc9ccccn9c87)cn6c54)cc3)ccc21. The molecular formula is C50H30N6. The van der Waals surface area contributed by atoms with Gasteiger partial charge in [0.25, 0.3) is 0 Å². The van der Waals surface area contributed by atoms with E-state index in [0.717, 1.165) is 66.8 Å². The summed E-state index contributed by atoms with van der Waals surface area (Å²) in [5.41, 5.74) is 12.6. The molecule has 0 atom stereocenters. The second-order valence-electron chi connectivity index (χ2n) is 14.7. The minimum Gasteiger partial charge on any atom is -0.294 e. The molecule has 0 amide bonds. The van der Waals surface area contributed by atoms with Crippen LogP contribution in [0.1, 0.15) is 0 Å². The van der Waals surface area contributed by atoms with Crippen molar-refractivity contribution in [1.82, 2.24) is 27.9 Å². The average molecular weight is 715 g/mol. The van der Waals surface area contributed by atoms with Crippen LogP contribution >= 0.6 is 0 Å². The lowest BCUT2D eigenvalue weighted by molar-refractivity contribution is 1.05. The molecule has 13 aromatic rings. The van der Waals surface area contributed by atoms with Gasteiger partial charge in [-0.3, -0.25) is 17.9 Å². The van der Waals surface area contributed by atoms with Crippen molar-refractivity contribution < 1.29 is 0 Å². The van der Waals surface area contributed by atoms with Gasteiger partial charge in [0.15, 0.2) is 11.3 Å². The van der Waals surface area contributed by atoms with Gasteiger partial charge >= 0.3 is 0 Å². The number of hydrogen-bond donors (Lipinski definition) is 0. The Morgan fingerprint density at radius 2 is 0.821 bits per heavy atom. The van der Waals surface area contributed by atoms with Gasteiger partial charge < -0.3 is 0 Å². The number of pyridine rings is 2. The van der Waals surface area contributed by atoms with Crippen molar-refractivity contribution in [3.05, 3.63) is 182 Å². The van der Waals surface area contributed by atoms with Crippen molar-refractivity contribution in [3.8, 4) is 22.5 Å². The third-order valence-corrected chi connectivity index (χ3v) is 11.8. The van der Waals surface area contributed by atoms with Crippen LogP contribution in [0.2, 0.25) is 0 Å². The van der Waals surface area contributed by atoms with Gasteiger partial charge in [-0.25, -0.2) is 9.97 Å². The molecule has 56 heavy (non-hydrogen) atoms. The second-order valence-corrected chi connectivity index (χ2v) is 14.7. The first-order valence-electron chi connectivity index (χ1n) is 19.0. The Morgan fingerprint density at radius 1 is 0.339 bits per heavy atom. The standard InChI is InChI=1S/C50H30N6/c1-2-13-37-35(11-1)36-12-3-4-14-38(36)42-29-32(22-26-39(37)42)31-20-23-33(24-21-31)55-43-17-7-5-15-40(43)48-50(55)54-30-34(25-27-46(54)52-48)56-44-18-8-6-16-41(44)47-49(56)53-28-10-9-19-45(53)51-47/h1-30H. The van der Waals surface area contributed by atoms with E-state index in [1.165, 1.54) is 43.4 Å². The Balaban J connectivity index is 1.01. The first-order valence-corrected chi connectivity index (χ1v) is 19.0. The van der Waals surface area contributed by atoms with E-state index in [2.05, 4.69) is 194 Å². The number of imidazole rings is 2. The highest BCUT2D eigenvalue weighted by Gasteiger charge is 2.21. The van der Waals surface area contributed by atoms with Crippen LogP contribution in [0.5, 0.6) is 0 Å². The molecule has 0 saturated heterocycles. The van der Waals surface area contributed by atoms with Crippen molar-refractivity contribution in [2.24, 2.45) is 0 Å². The number of fused-ring (bicyclic) bond motifs is 16. The maximum atomic E-state index is 5.23. The van der Waals surface area contributed by atoms with E-state index < -0.39 is 0 Å². The fourth-order valence-corrected chi connectivity index (χ4v) is 9.30. The van der Waals surface area contributed by atoms with Crippen LogP contribution in [-0.2, 0) is 0 Å². The molecule has 6 heterocycles. The van der Waals surface area contributed by atoms with Gasteiger partial charge in [0.1, 0.15) is 22.3 Å². The highest BCUT2D eigenvalue weighted by molar-refractivity contribution is 6.25. The first-order chi connectivity index (χ1) is 27.8. The number of hydrogen-bond acceptors (Lipinski definition) is 2. The van der Waals surface area contributed by atoms with Crippen LogP contribution in [-0.4, -0.2) is 27.9 Å². The largest absolute Gasteiger partial charge is 0.294 e. The van der Waals surface area contributed by atoms with E-state index in [9.17, 15) is 0 Å². The maximum absolute atomic E-state index is 5.23. The summed E-state index contributed by atoms with van der Waals surface area (Å²) < 4.78 is 9.12. The first kappa shape index (κ1) is 29.7. The molecule has 0 N–H and O–H groups in total. The maximum Gasteiger partial charge on any atom is 0.150 e. The zero-order valence-corrected chi connectivity index (χ0v) is 30.0. The lowest BCUT2D eigenvalue weighted by Gasteiger charge is -2.13. The Morgan fingerprint density at radius 3 is 1.48 bits per heavy atom. The van der Waals surface area contributed by atoms with Crippen molar-refractivity contribution in [3.63, 3.8) is 0 Å². The van der Waals surface area contributed by atoms with Crippen molar-refractivity contribution >= 4 is 87.7 Å². The van der Waals surface area contributed by atoms with Crippen LogP contribution in [0.15, 0.2) is 182 Å². The summed E-state index contributed by atoms with van der Waals surface area (Å²) in [6.45, 7) is 0. The van der Waals surface area contributed by atoms with Crippen LogP contribution in [0.25, 0.3) is 110 Å². The van der Waals surface area contributed by atoms with Gasteiger partial charge in [-0.15, -0.1) is 0 Å². The van der Waals surface area contributed by atoms with Crippen molar-refractivity contribution in [2.45, 2.75) is 0 Å². The van der Waals surface area contributed by atoms with Crippen LogP contribution < -0.4 is 0 Å². The molecule has 0 aliphatic heterocycles. The second kappa shape index (κ2) is 10.9. The number of nitrogens with zero attached hydrogens (tertiary/aromatic N) is 6. The molecule has 6 heteroatoms. The van der Waals surface area contributed by atoms with Gasteiger partial charge in [0, 0.05) is 28.9 Å². The lowest BCUT2D eigenvalue weighted by Crippen LogP contribution is -2.01. The van der Waals surface area contributed by atoms with E-state index in [1.807, 2.05) is 6.07 Å². The normalized spacial score (nSPS) is 12.3. The number of para-hydroxylation sites is 2. The minimum absolute atomic E-state index is 0.900. The molecule has 6 nitrogen and oxygen atoms in total. The lowest BCUT2D eigenvalue weighted by atomic mass is 9.92. The molecule has 260 valence electrons. The molecule has 7 aromatic carbocycles. The smallest absolute Gasteiger partial charge is 0.150 e. The monoisotopic (exact) mass is 714 g/mol. The molecule has 0 radical (unpaired) electrons. The van der Waals surface area contributed by atoms with Gasteiger partial charge in [0.05, 0.1) is 16.7 Å². The van der Waals surface area contributed by atoms with E-state index in [0.29, 0.717) is 0 Å². The molecule has 0 unspecified atom stereocenters. The molecule has 0 saturated carbocycles. The van der Waals surface area contributed by atoms with Gasteiger partial charge in [-0.2, -0.15) is 0 Å². The summed E-state index contributed by atoms with van der Waals surface area (Å²) in [5, 5.41) is 9.96. The molecule has 6 aromatic heterocycles. The third kappa shape index (κ3) is 3.94. The summed E-state index contributed by atoms with van der Waals surface area (Å²) in [5.74, 6) is 0. The van der Waals surface area contributed by atoms with Gasteiger partial charge in [-0.1, -0.05) is 115 Å². The fourth-order valence-electron chi connectivity index (χ4n) is 9.30. The van der Waals surface area contributed by atoms with E-state index in [4.69, 9.17) is 9.97 Å². The number of aromatic nitrogens is 6. The van der Waals surface area contributed by atoms with E-state index in [1.54, 1.807) is 0 Å². The molecule has 0 fully saturated rings. The predicted octanol–water partition coefficient (Wildman–Crippen LogP) is 12.3. The molecule has 13 rings (SSSR count). The summed E-state index contributed by atoms with van der Waals surface area (Å²) in [7, 11) is 0. The molecule has 0 spiro atoms. The highest BCUT2D eigenvalue weighted by atomic mass is 15.2. The zero-order chi connectivity index (χ0) is 36.5. The Bertz CT molecular complexity index is 3720. The Kier molecular flexibility index (Phi) is 5.80. The van der Waals surface area contributed by atoms with E-state index in [-0.39, 0.29) is 0 Å². The van der Waals surface area contributed by atoms with Crippen LogP contribution in [0.4, 0.5) is 0 Å². The van der Waals surface area contributed by atoms with Crippen molar-refractivity contribution in [1.29, 1.82) is 0 Å². The summed E-state index contributed by atoms with van der Waals surface area (Å²) >= 11 is 0. The zero-order valence-electron chi connectivity index (χ0n) is 30.0.